The van der Waals surface area contributed by atoms with Crippen LogP contribution in [-0.2, 0) is 11.3 Å². The lowest BCUT2D eigenvalue weighted by Crippen LogP contribution is -2.34. The van der Waals surface area contributed by atoms with Crippen LogP contribution in [0.2, 0.25) is 0 Å². The van der Waals surface area contributed by atoms with Crippen molar-refractivity contribution in [2.75, 3.05) is 12.3 Å². The molecule has 0 saturated carbocycles. The number of nitrogens with zero attached hydrogens (tertiary/aromatic N) is 4. The van der Waals surface area contributed by atoms with Gasteiger partial charge in [0.25, 0.3) is 5.56 Å². The van der Waals surface area contributed by atoms with Crippen LogP contribution in [0.5, 0.6) is 0 Å². The van der Waals surface area contributed by atoms with Gasteiger partial charge in [0.05, 0.1) is 11.6 Å². The molecule has 124 valence electrons. The summed E-state index contributed by atoms with van der Waals surface area (Å²) in [5, 5.41) is 17.0. The number of amides is 1. The monoisotopic (exact) mass is 361 g/mol. The molecule has 24 heavy (non-hydrogen) atoms. The number of thioether (sulfide) groups is 1. The molecule has 0 aliphatic rings. The van der Waals surface area contributed by atoms with Gasteiger partial charge in [0.1, 0.15) is 11.6 Å². The van der Waals surface area contributed by atoms with Crippen LogP contribution in [0.25, 0.3) is 10.8 Å². The number of carbonyl (C=O) groups is 1. The Morgan fingerprint density at radius 1 is 1.33 bits per heavy atom. The van der Waals surface area contributed by atoms with E-state index in [1.54, 1.807) is 30.1 Å². The first-order valence-corrected chi connectivity index (χ1v) is 9.08. The summed E-state index contributed by atoms with van der Waals surface area (Å²) >= 11 is 3.07. The van der Waals surface area contributed by atoms with E-state index in [2.05, 4.69) is 20.6 Å². The average molecular weight is 361 g/mol. The van der Waals surface area contributed by atoms with Crippen LogP contribution in [-0.4, -0.2) is 38.2 Å². The zero-order valence-electron chi connectivity index (χ0n) is 12.9. The van der Waals surface area contributed by atoms with Crippen LogP contribution >= 0.6 is 23.1 Å². The Balaban J connectivity index is 1.53. The number of rotatable bonds is 6. The van der Waals surface area contributed by atoms with Gasteiger partial charge in [-0.05, 0) is 13.0 Å². The van der Waals surface area contributed by atoms with Gasteiger partial charge in [-0.2, -0.15) is 5.10 Å². The third kappa shape index (κ3) is 3.98. The van der Waals surface area contributed by atoms with Gasteiger partial charge in [-0.15, -0.1) is 10.2 Å². The van der Waals surface area contributed by atoms with Crippen molar-refractivity contribution in [3.05, 3.63) is 45.8 Å². The van der Waals surface area contributed by atoms with Crippen molar-refractivity contribution in [2.45, 2.75) is 17.8 Å². The largest absolute Gasteiger partial charge is 0.354 e. The molecule has 0 atom stereocenters. The summed E-state index contributed by atoms with van der Waals surface area (Å²) in [5.41, 5.74) is -0.262. The molecule has 0 aliphatic heterocycles. The standard InChI is InChI=1S/C15H15N5O2S2/c1-10-18-19-15(24-10)23-7-6-16-13(21)9-20-14(22)12-5-3-2-4-11(12)8-17-20/h2-5,8H,6-7,9H2,1H3,(H,16,21). The fourth-order valence-electron chi connectivity index (χ4n) is 2.10. The van der Waals surface area contributed by atoms with Crippen LogP contribution in [0.3, 0.4) is 0 Å². The van der Waals surface area contributed by atoms with E-state index in [4.69, 9.17) is 0 Å². The Morgan fingerprint density at radius 3 is 2.96 bits per heavy atom. The third-order valence-corrected chi connectivity index (χ3v) is 5.19. The van der Waals surface area contributed by atoms with Gasteiger partial charge in [0, 0.05) is 17.7 Å². The maximum absolute atomic E-state index is 12.3. The molecule has 0 spiro atoms. The predicted molar refractivity (Wildman–Crippen MR) is 94.4 cm³/mol. The summed E-state index contributed by atoms with van der Waals surface area (Å²) < 4.78 is 2.06. The lowest BCUT2D eigenvalue weighted by molar-refractivity contribution is -0.121. The van der Waals surface area contributed by atoms with Crippen molar-refractivity contribution in [3.63, 3.8) is 0 Å². The van der Waals surface area contributed by atoms with Crippen molar-refractivity contribution >= 4 is 39.8 Å². The molecular formula is C15H15N5O2S2. The Kier molecular flexibility index (Phi) is 5.21. The van der Waals surface area contributed by atoms with E-state index in [1.807, 2.05) is 19.1 Å². The molecule has 0 unspecified atom stereocenters. The van der Waals surface area contributed by atoms with Crippen molar-refractivity contribution in [1.29, 1.82) is 0 Å². The highest BCUT2D eigenvalue weighted by Gasteiger charge is 2.08. The SMILES string of the molecule is Cc1nnc(SCCNC(=O)Cn2ncc3ccccc3c2=O)s1. The second-order valence-corrected chi connectivity index (χ2v) is 7.50. The van der Waals surface area contributed by atoms with E-state index >= 15 is 0 Å². The molecule has 0 radical (unpaired) electrons. The molecule has 9 heteroatoms. The van der Waals surface area contributed by atoms with Gasteiger partial charge < -0.3 is 5.32 Å². The number of nitrogens with one attached hydrogen (secondary N) is 1. The molecule has 2 aromatic heterocycles. The lowest BCUT2D eigenvalue weighted by atomic mass is 10.2. The minimum absolute atomic E-state index is 0.0910. The second-order valence-electron chi connectivity index (χ2n) is 4.98. The average Bonchev–Trinajstić information content (AvgIpc) is 3.00. The molecule has 0 aliphatic carbocycles. The number of fused-ring (bicyclic) bond motifs is 1. The predicted octanol–water partition coefficient (Wildman–Crippen LogP) is 1.46. The number of carbonyl (C=O) groups excluding carboxylic acids is 1. The van der Waals surface area contributed by atoms with Gasteiger partial charge in [0.2, 0.25) is 5.91 Å². The quantitative estimate of drug-likeness (QED) is 0.528. The molecule has 0 fully saturated rings. The van der Waals surface area contributed by atoms with E-state index in [-0.39, 0.29) is 18.0 Å². The molecule has 2 heterocycles. The summed E-state index contributed by atoms with van der Waals surface area (Å²) in [5.74, 6) is 0.453. The summed E-state index contributed by atoms with van der Waals surface area (Å²) in [4.78, 5) is 24.3. The molecule has 0 saturated heterocycles. The Hall–Kier alpha value is -2.26. The number of hydrogen-bond donors (Lipinski definition) is 1. The first-order chi connectivity index (χ1) is 11.6. The van der Waals surface area contributed by atoms with Gasteiger partial charge >= 0.3 is 0 Å². The van der Waals surface area contributed by atoms with Gasteiger partial charge in [-0.3, -0.25) is 9.59 Å². The number of hydrogen-bond acceptors (Lipinski definition) is 7. The third-order valence-electron chi connectivity index (χ3n) is 3.21. The smallest absolute Gasteiger partial charge is 0.275 e. The summed E-state index contributed by atoms with van der Waals surface area (Å²) in [6, 6.07) is 7.19. The minimum Gasteiger partial charge on any atom is -0.354 e. The van der Waals surface area contributed by atoms with Crippen LogP contribution in [0.4, 0.5) is 0 Å². The van der Waals surface area contributed by atoms with E-state index in [1.165, 1.54) is 16.0 Å². The fourth-order valence-corrected chi connectivity index (χ4v) is 3.84. The highest BCUT2D eigenvalue weighted by molar-refractivity contribution is 8.01. The zero-order chi connectivity index (χ0) is 16.9. The van der Waals surface area contributed by atoms with Crippen LogP contribution in [0, 0.1) is 6.92 Å². The first kappa shape index (κ1) is 16.6. The van der Waals surface area contributed by atoms with Crippen LogP contribution in [0.15, 0.2) is 39.6 Å². The molecule has 3 aromatic rings. The molecule has 1 N–H and O–H groups in total. The van der Waals surface area contributed by atoms with Crippen LogP contribution < -0.4 is 10.9 Å². The van der Waals surface area contributed by atoms with E-state index in [0.29, 0.717) is 17.7 Å². The molecule has 1 aromatic carbocycles. The van der Waals surface area contributed by atoms with Gasteiger partial charge in [-0.1, -0.05) is 41.3 Å². The second kappa shape index (κ2) is 7.54. The molecule has 3 rings (SSSR count). The summed E-state index contributed by atoms with van der Waals surface area (Å²) in [6.45, 7) is 2.30. The summed E-state index contributed by atoms with van der Waals surface area (Å²) in [7, 11) is 0. The van der Waals surface area contributed by atoms with E-state index < -0.39 is 0 Å². The lowest BCUT2D eigenvalue weighted by Gasteiger charge is -2.07. The highest BCUT2D eigenvalue weighted by Crippen LogP contribution is 2.20. The summed E-state index contributed by atoms with van der Waals surface area (Å²) in [6.07, 6.45) is 1.59. The number of aromatic nitrogens is 4. The Labute approximate surface area is 146 Å². The van der Waals surface area contributed by atoms with Gasteiger partial charge in [-0.25, -0.2) is 4.68 Å². The number of benzene rings is 1. The van der Waals surface area contributed by atoms with Crippen molar-refractivity contribution in [3.8, 4) is 0 Å². The normalized spacial score (nSPS) is 10.9. The van der Waals surface area contributed by atoms with Crippen molar-refractivity contribution in [2.24, 2.45) is 0 Å². The topological polar surface area (TPSA) is 89.8 Å². The van der Waals surface area contributed by atoms with Crippen molar-refractivity contribution in [1.82, 2.24) is 25.3 Å². The van der Waals surface area contributed by atoms with Crippen molar-refractivity contribution < 1.29 is 4.79 Å². The molecule has 7 nitrogen and oxygen atoms in total. The first-order valence-electron chi connectivity index (χ1n) is 7.28. The van der Waals surface area contributed by atoms with E-state index in [9.17, 15) is 9.59 Å². The Bertz CT molecular complexity index is 921. The van der Waals surface area contributed by atoms with Gasteiger partial charge in [0.15, 0.2) is 4.34 Å². The van der Waals surface area contributed by atoms with E-state index in [0.717, 1.165) is 14.7 Å². The van der Waals surface area contributed by atoms with Crippen LogP contribution in [0.1, 0.15) is 5.01 Å². The number of aryl methyl sites for hydroxylation is 1. The molecule has 0 bridgehead atoms. The maximum atomic E-state index is 12.3. The molecular weight excluding hydrogens is 346 g/mol. The minimum atomic E-state index is -0.262. The Morgan fingerprint density at radius 2 is 2.17 bits per heavy atom. The zero-order valence-corrected chi connectivity index (χ0v) is 14.6. The molecule has 1 amide bonds. The highest BCUT2D eigenvalue weighted by atomic mass is 32.2. The maximum Gasteiger partial charge on any atom is 0.275 e. The fraction of sp³-hybridized carbons (Fsp3) is 0.267.